The molecule has 0 aliphatic carbocycles. The van der Waals surface area contributed by atoms with Gasteiger partial charge in [0.1, 0.15) is 17.4 Å². The van der Waals surface area contributed by atoms with Gasteiger partial charge in [-0.1, -0.05) is 18.2 Å². The van der Waals surface area contributed by atoms with Crippen molar-refractivity contribution in [1.29, 1.82) is 0 Å². The van der Waals surface area contributed by atoms with Gasteiger partial charge in [0.2, 0.25) is 5.88 Å². The lowest BCUT2D eigenvalue weighted by atomic mass is 10.0. The molecule has 5 rings (SSSR count). The molecule has 3 N–H and O–H groups in total. The largest absolute Gasteiger partial charge is 0.480 e. The molecule has 0 bridgehead atoms. The number of nitrogen functional groups attached to an aromatic ring is 1. The van der Waals surface area contributed by atoms with Crippen molar-refractivity contribution in [3.63, 3.8) is 0 Å². The molecule has 4 heterocycles. The summed E-state index contributed by atoms with van der Waals surface area (Å²) in [6, 6.07) is 14.1. The van der Waals surface area contributed by atoms with Gasteiger partial charge in [-0.25, -0.2) is 14.5 Å². The van der Waals surface area contributed by atoms with E-state index in [2.05, 4.69) is 37.4 Å². The number of hydrogen-bond acceptors (Lipinski definition) is 7. The monoisotopic (exact) mass is 457 g/mol. The first kappa shape index (κ1) is 21.7. The van der Waals surface area contributed by atoms with Crippen LogP contribution in [0.15, 0.2) is 55.0 Å². The van der Waals surface area contributed by atoms with Crippen LogP contribution in [0.25, 0.3) is 16.8 Å². The molecule has 1 amide bonds. The summed E-state index contributed by atoms with van der Waals surface area (Å²) in [5.74, 6) is 0.472. The highest BCUT2D eigenvalue weighted by Crippen LogP contribution is 2.29. The molecule has 9 nitrogen and oxygen atoms in total. The number of aryl methyl sites for hydroxylation is 1. The van der Waals surface area contributed by atoms with E-state index in [1.54, 1.807) is 16.8 Å². The van der Waals surface area contributed by atoms with E-state index in [1.165, 1.54) is 19.1 Å². The SMILES string of the molecule is COc1ncc(-c2cc(C)c3c(N)ncnn23)cc1C(=O)NC1CCCN(c2ccccc2)C1. The fourth-order valence-electron chi connectivity index (χ4n) is 4.61. The van der Waals surface area contributed by atoms with Crippen LogP contribution in [-0.4, -0.2) is 51.7 Å². The van der Waals surface area contributed by atoms with Crippen LogP contribution in [0.1, 0.15) is 28.8 Å². The summed E-state index contributed by atoms with van der Waals surface area (Å²) in [6.45, 7) is 3.68. The van der Waals surface area contributed by atoms with Crippen molar-refractivity contribution >= 4 is 22.9 Å². The number of pyridine rings is 1. The van der Waals surface area contributed by atoms with Crippen LogP contribution in [0.4, 0.5) is 11.5 Å². The van der Waals surface area contributed by atoms with Gasteiger partial charge in [0.15, 0.2) is 5.82 Å². The summed E-state index contributed by atoms with van der Waals surface area (Å²) >= 11 is 0. The number of aromatic nitrogens is 4. The number of fused-ring (bicyclic) bond motifs is 1. The van der Waals surface area contributed by atoms with E-state index in [1.807, 2.05) is 31.2 Å². The fourth-order valence-corrected chi connectivity index (χ4v) is 4.61. The van der Waals surface area contributed by atoms with Crippen LogP contribution in [0.5, 0.6) is 5.88 Å². The van der Waals surface area contributed by atoms with Crippen LogP contribution in [0, 0.1) is 6.92 Å². The van der Waals surface area contributed by atoms with Crippen molar-refractivity contribution in [3.05, 3.63) is 66.1 Å². The zero-order valence-electron chi connectivity index (χ0n) is 19.2. The molecule has 1 aliphatic heterocycles. The Hall–Kier alpha value is -4.14. The van der Waals surface area contributed by atoms with Crippen molar-refractivity contribution in [2.24, 2.45) is 0 Å². The first-order valence-corrected chi connectivity index (χ1v) is 11.3. The van der Waals surface area contributed by atoms with E-state index in [-0.39, 0.29) is 17.8 Å². The van der Waals surface area contributed by atoms with Crippen LogP contribution in [0.3, 0.4) is 0 Å². The number of rotatable bonds is 5. The predicted molar refractivity (Wildman–Crippen MR) is 131 cm³/mol. The maximum Gasteiger partial charge on any atom is 0.257 e. The number of ether oxygens (including phenoxy) is 1. The number of hydrogen-bond donors (Lipinski definition) is 2. The van der Waals surface area contributed by atoms with Gasteiger partial charge in [-0.05, 0) is 49.6 Å². The van der Waals surface area contributed by atoms with E-state index in [4.69, 9.17) is 10.5 Å². The molecule has 9 heteroatoms. The number of nitrogens with one attached hydrogen (secondary N) is 1. The number of benzene rings is 1. The summed E-state index contributed by atoms with van der Waals surface area (Å²) in [5, 5.41) is 7.53. The lowest BCUT2D eigenvalue weighted by molar-refractivity contribution is 0.0929. The minimum Gasteiger partial charge on any atom is -0.480 e. The first-order valence-electron chi connectivity index (χ1n) is 11.3. The molecule has 1 aliphatic rings. The number of nitrogens with zero attached hydrogens (tertiary/aromatic N) is 5. The second-order valence-corrected chi connectivity index (χ2v) is 8.49. The summed E-state index contributed by atoms with van der Waals surface area (Å²) < 4.78 is 7.14. The van der Waals surface area contributed by atoms with Gasteiger partial charge in [-0.2, -0.15) is 5.10 Å². The molecule has 1 aromatic carbocycles. The van der Waals surface area contributed by atoms with E-state index in [0.717, 1.165) is 48.3 Å². The lowest BCUT2D eigenvalue weighted by Crippen LogP contribution is -2.47. The van der Waals surface area contributed by atoms with Gasteiger partial charge in [0.05, 0.1) is 12.8 Å². The number of carbonyl (C=O) groups excluding carboxylic acids is 1. The molecule has 0 spiro atoms. The second-order valence-electron chi connectivity index (χ2n) is 8.49. The standard InChI is InChI=1S/C25H27N7O2/c1-16-11-21(32-22(16)23(26)28-15-29-32)17-12-20(25(34-2)27-13-17)24(33)30-18-7-6-10-31(14-18)19-8-4-3-5-9-19/h3-5,8-9,11-13,15,18H,6-7,10,14H2,1-2H3,(H,30,33)(H2,26,28,29). The van der Waals surface area contributed by atoms with E-state index < -0.39 is 0 Å². The Morgan fingerprint density at radius 3 is 2.82 bits per heavy atom. The fraction of sp³-hybridized carbons (Fsp3) is 0.280. The zero-order valence-corrected chi connectivity index (χ0v) is 19.2. The van der Waals surface area contributed by atoms with Crippen LogP contribution in [-0.2, 0) is 0 Å². The van der Waals surface area contributed by atoms with Crippen molar-refractivity contribution in [2.45, 2.75) is 25.8 Å². The van der Waals surface area contributed by atoms with Crippen molar-refractivity contribution in [2.75, 3.05) is 30.8 Å². The van der Waals surface area contributed by atoms with Crippen LogP contribution in [0.2, 0.25) is 0 Å². The quantitative estimate of drug-likeness (QED) is 0.474. The lowest BCUT2D eigenvalue weighted by Gasteiger charge is -2.34. The smallest absolute Gasteiger partial charge is 0.257 e. The maximum absolute atomic E-state index is 13.3. The van der Waals surface area contributed by atoms with Gasteiger partial charge in [0.25, 0.3) is 5.91 Å². The highest BCUT2D eigenvalue weighted by atomic mass is 16.5. The number of para-hydroxylation sites is 1. The topological polar surface area (TPSA) is 111 Å². The highest BCUT2D eigenvalue weighted by Gasteiger charge is 2.24. The molecule has 1 saturated heterocycles. The van der Waals surface area contributed by atoms with Gasteiger partial charge in [-0.15, -0.1) is 0 Å². The van der Waals surface area contributed by atoms with Gasteiger partial charge in [0, 0.05) is 36.6 Å². The zero-order chi connectivity index (χ0) is 23.7. The van der Waals surface area contributed by atoms with Gasteiger partial charge >= 0.3 is 0 Å². The molecular weight excluding hydrogens is 430 g/mol. The van der Waals surface area contributed by atoms with Gasteiger partial charge < -0.3 is 20.7 Å². The highest BCUT2D eigenvalue weighted by molar-refractivity contribution is 5.98. The third-order valence-electron chi connectivity index (χ3n) is 6.24. The van der Waals surface area contributed by atoms with Crippen LogP contribution < -0.4 is 20.7 Å². The Kier molecular flexibility index (Phi) is 5.75. The number of piperidine rings is 1. The molecule has 1 atom stereocenters. The average Bonchev–Trinajstić information content (AvgIpc) is 3.22. The molecule has 4 aromatic rings. The molecule has 174 valence electrons. The van der Waals surface area contributed by atoms with Crippen molar-refractivity contribution in [1.82, 2.24) is 24.9 Å². The van der Waals surface area contributed by atoms with Crippen LogP contribution >= 0.6 is 0 Å². The van der Waals surface area contributed by atoms with Crippen molar-refractivity contribution < 1.29 is 9.53 Å². The number of methoxy groups -OCH3 is 1. The van der Waals surface area contributed by atoms with Crippen molar-refractivity contribution in [3.8, 4) is 17.1 Å². The summed E-state index contributed by atoms with van der Waals surface area (Å²) in [4.78, 5) is 24.1. The number of nitrogens with two attached hydrogens (primary N) is 1. The first-order chi connectivity index (χ1) is 16.5. The minimum absolute atomic E-state index is 0.0266. The second kappa shape index (κ2) is 9.01. The minimum atomic E-state index is -0.210. The normalized spacial score (nSPS) is 15.9. The van der Waals surface area contributed by atoms with E-state index >= 15 is 0 Å². The molecule has 3 aromatic heterocycles. The number of carbonyl (C=O) groups is 1. The average molecular weight is 458 g/mol. The molecule has 0 saturated carbocycles. The molecular formula is C25H27N7O2. The Balaban J connectivity index is 1.42. The maximum atomic E-state index is 13.3. The number of amides is 1. The Bertz CT molecular complexity index is 1340. The summed E-state index contributed by atoms with van der Waals surface area (Å²) in [5.41, 5.74) is 10.8. The summed E-state index contributed by atoms with van der Waals surface area (Å²) in [6.07, 6.45) is 5.01. The molecule has 34 heavy (non-hydrogen) atoms. The van der Waals surface area contributed by atoms with E-state index in [0.29, 0.717) is 11.4 Å². The Labute approximate surface area is 197 Å². The Morgan fingerprint density at radius 2 is 2.03 bits per heavy atom. The third-order valence-corrected chi connectivity index (χ3v) is 6.24. The molecule has 1 fully saturated rings. The summed E-state index contributed by atoms with van der Waals surface area (Å²) in [7, 11) is 1.52. The molecule has 0 radical (unpaired) electrons. The van der Waals surface area contributed by atoms with Gasteiger partial charge in [-0.3, -0.25) is 4.79 Å². The molecule has 1 unspecified atom stereocenters. The predicted octanol–water partition coefficient (Wildman–Crippen LogP) is 3.09. The Morgan fingerprint density at radius 1 is 1.21 bits per heavy atom. The number of anilines is 2. The third kappa shape index (κ3) is 4.00. The van der Waals surface area contributed by atoms with E-state index in [9.17, 15) is 4.79 Å².